The zero-order valence-electron chi connectivity index (χ0n) is 13.5. The monoisotopic (exact) mass is 349 g/mol. The van der Waals surface area contributed by atoms with Gasteiger partial charge in [-0.15, -0.1) is 0 Å². The van der Waals surface area contributed by atoms with Crippen LogP contribution in [0.1, 0.15) is 6.42 Å². The molecular formula is C17H17F2N3O3. The maximum atomic E-state index is 14.4. The van der Waals surface area contributed by atoms with Crippen LogP contribution >= 0.6 is 0 Å². The standard InChI is InChI=1S/C17H17F2N3O3/c1-25-15(23)17(19)6-9-22(11-17)16(24)20-14-10-12(4-5-13(14)18)21-7-2-3-8-21/h2-5,7-8,10H,6,9,11H2,1H3,(H,20,24)/t17-/m1/s1. The first-order valence-electron chi connectivity index (χ1n) is 7.69. The van der Waals surface area contributed by atoms with E-state index in [4.69, 9.17) is 0 Å². The fourth-order valence-corrected chi connectivity index (χ4v) is 2.77. The number of esters is 1. The number of nitrogens with one attached hydrogen (secondary N) is 1. The summed E-state index contributed by atoms with van der Waals surface area (Å²) in [5, 5.41) is 2.43. The van der Waals surface area contributed by atoms with Crippen LogP contribution < -0.4 is 5.32 Å². The van der Waals surface area contributed by atoms with E-state index in [1.165, 1.54) is 12.1 Å². The minimum Gasteiger partial charge on any atom is -0.467 e. The quantitative estimate of drug-likeness (QED) is 0.867. The highest BCUT2D eigenvalue weighted by Gasteiger charge is 2.47. The van der Waals surface area contributed by atoms with Crippen LogP contribution in [0.2, 0.25) is 0 Å². The second-order valence-electron chi connectivity index (χ2n) is 5.81. The number of nitrogens with zero attached hydrogens (tertiary/aromatic N) is 2. The van der Waals surface area contributed by atoms with Crippen molar-refractivity contribution in [2.24, 2.45) is 0 Å². The predicted molar refractivity (Wildman–Crippen MR) is 86.8 cm³/mol. The summed E-state index contributed by atoms with van der Waals surface area (Å²) < 4.78 is 34.6. The van der Waals surface area contributed by atoms with Gasteiger partial charge in [0.05, 0.1) is 19.3 Å². The minimum atomic E-state index is -2.22. The maximum Gasteiger partial charge on any atom is 0.345 e. The van der Waals surface area contributed by atoms with Crippen LogP contribution in [-0.2, 0) is 9.53 Å². The number of benzene rings is 1. The summed E-state index contributed by atoms with van der Waals surface area (Å²) in [5.41, 5.74) is -1.58. The molecule has 0 spiro atoms. The van der Waals surface area contributed by atoms with E-state index in [0.29, 0.717) is 5.69 Å². The third-order valence-electron chi connectivity index (χ3n) is 4.15. The number of carbonyl (C=O) groups is 2. The van der Waals surface area contributed by atoms with Crippen molar-refractivity contribution in [2.45, 2.75) is 12.1 Å². The average molecular weight is 349 g/mol. The molecule has 132 valence electrons. The zero-order chi connectivity index (χ0) is 18.0. The summed E-state index contributed by atoms with van der Waals surface area (Å²) in [4.78, 5) is 24.9. The lowest BCUT2D eigenvalue weighted by Gasteiger charge is -2.19. The molecule has 0 radical (unpaired) electrons. The number of anilines is 1. The second kappa shape index (κ2) is 6.54. The van der Waals surface area contributed by atoms with Crippen molar-refractivity contribution in [3.8, 4) is 5.69 Å². The van der Waals surface area contributed by atoms with Crippen LogP contribution in [0.3, 0.4) is 0 Å². The molecule has 1 aromatic heterocycles. The van der Waals surface area contributed by atoms with Crippen molar-refractivity contribution in [1.82, 2.24) is 9.47 Å². The Labute approximate surface area is 143 Å². The van der Waals surface area contributed by atoms with Crippen molar-refractivity contribution < 1.29 is 23.1 Å². The third-order valence-corrected chi connectivity index (χ3v) is 4.15. The highest BCUT2D eigenvalue weighted by atomic mass is 19.1. The second-order valence-corrected chi connectivity index (χ2v) is 5.81. The van der Waals surface area contributed by atoms with Gasteiger partial charge >= 0.3 is 12.0 Å². The van der Waals surface area contributed by atoms with Crippen LogP contribution in [0, 0.1) is 5.82 Å². The number of carbonyl (C=O) groups excluding carboxylic acids is 2. The van der Waals surface area contributed by atoms with Gasteiger partial charge in [-0.25, -0.2) is 18.4 Å². The van der Waals surface area contributed by atoms with E-state index in [0.717, 1.165) is 12.0 Å². The highest BCUT2D eigenvalue weighted by Crippen LogP contribution is 2.28. The van der Waals surface area contributed by atoms with Crippen LogP contribution in [0.15, 0.2) is 42.7 Å². The summed E-state index contributed by atoms with van der Waals surface area (Å²) >= 11 is 0. The first kappa shape index (κ1) is 16.9. The van der Waals surface area contributed by atoms with Crippen molar-refractivity contribution in [2.75, 3.05) is 25.5 Å². The number of aromatic nitrogens is 1. The fourth-order valence-electron chi connectivity index (χ4n) is 2.77. The zero-order valence-corrected chi connectivity index (χ0v) is 13.5. The van der Waals surface area contributed by atoms with E-state index < -0.39 is 30.0 Å². The molecule has 1 fully saturated rings. The van der Waals surface area contributed by atoms with Gasteiger partial charge < -0.3 is 19.5 Å². The molecule has 1 saturated heterocycles. The molecule has 0 bridgehead atoms. The lowest BCUT2D eigenvalue weighted by molar-refractivity contribution is -0.153. The Kier molecular flexibility index (Phi) is 4.43. The fraction of sp³-hybridized carbons (Fsp3) is 0.294. The number of halogens is 2. The molecule has 1 N–H and O–H groups in total. The van der Waals surface area contributed by atoms with Crippen molar-refractivity contribution in [3.05, 3.63) is 48.5 Å². The van der Waals surface area contributed by atoms with E-state index in [2.05, 4.69) is 10.1 Å². The number of alkyl halides is 1. The average Bonchev–Trinajstić information content (AvgIpc) is 3.26. The lowest BCUT2D eigenvalue weighted by atomic mass is 10.1. The van der Waals surface area contributed by atoms with Gasteiger partial charge in [-0.1, -0.05) is 0 Å². The van der Waals surface area contributed by atoms with Crippen LogP contribution in [-0.4, -0.2) is 47.3 Å². The molecule has 8 heteroatoms. The Morgan fingerprint density at radius 2 is 2.00 bits per heavy atom. The van der Waals surface area contributed by atoms with Gasteiger partial charge in [-0.3, -0.25) is 0 Å². The Balaban J connectivity index is 1.74. The van der Waals surface area contributed by atoms with Gasteiger partial charge in [0.1, 0.15) is 5.82 Å². The molecule has 1 aliphatic rings. The maximum absolute atomic E-state index is 14.4. The molecule has 0 unspecified atom stereocenters. The number of amides is 2. The van der Waals surface area contributed by atoms with Gasteiger partial charge in [0.15, 0.2) is 0 Å². The summed E-state index contributed by atoms with van der Waals surface area (Å²) in [7, 11) is 1.09. The molecule has 6 nitrogen and oxygen atoms in total. The first-order valence-corrected chi connectivity index (χ1v) is 7.69. The summed E-state index contributed by atoms with van der Waals surface area (Å²) in [6.45, 7) is -0.388. The Morgan fingerprint density at radius 1 is 1.28 bits per heavy atom. The molecule has 0 aliphatic carbocycles. The van der Waals surface area contributed by atoms with Crippen molar-refractivity contribution in [1.29, 1.82) is 0 Å². The van der Waals surface area contributed by atoms with E-state index in [1.807, 2.05) is 12.1 Å². The molecule has 0 saturated carbocycles. The normalized spacial score (nSPS) is 19.7. The molecule has 2 heterocycles. The number of rotatable bonds is 3. The molecular weight excluding hydrogens is 332 g/mol. The van der Waals surface area contributed by atoms with Crippen LogP contribution in [0.5, 0.6) is 0 Å². The van der Waals surface area contributed by atoms with Gasteiger partial charge in [0.2, 0.25) is 5.67 Å². The van der Waals surface area contributed by atoms with Gasteiger partial charge in [-0.2, -0.15) is 0 Å². The molecule has 1 aliphatic heterocycles. The summed E-state index contributed by atoms with van der Waals surface area (Å²) in [6.07, 6.45) is 3.42. The van der Waals surface area contributed by atoms with Gasteiger partial charge in [0.25, 0.3) is 0 Å². The SMILES string of the molecule is COC(=O)[C@@]1(F)CCN(C(=O)Nc2cc(-n3cccc3)ccc2F)C1. The topological polar surface area (TPSA) is 63.6 Å². The largest absolute Gasteiger partial charge is 0.467 e. The minimum absolute atomic E-state index is 0.0226. The van der Waals surface area contributed by atoms with Gasteiger partial charge in [0, 0.05) is 31.0 Å². The van der Waals surface area contributed by atoms with Crippen molar-refractivity contribution >= 4 is 17.7 Å². The molecule has 1 atom stereocenters. The molecule has 1 aromatic carbocycles. The van der Waals surface area contributed by atoms with Gasteiger partial charge in [-0.05, 0) is 30.3 Å². The van der Waals surface area contributed by atoms with Crippen LogP contribution in [0.4, 0.5) is 19.3 Å². The smallest absolute Gasteiger partial charge is 0.345 e. The molecule has 3 rings (SSSR count). The molecule has 2 aromatic rings. The number of hydrogen-bond acceptors (Lipinski definition) is 3. The molecule has 2 amide bonds. The number of likely N-dealkylation sites (tertiary alicyclic amines) is 1. The first-order chi connectivity index (χ1) is 11.9. The van der Waals surface area contributed by atoms with Crippen molar-refractivity contribution in [3.63, 3.8) is 0 Å². The predicted octanol–water partition coefficient (Wildman–Crippen LogP) is 2.74. The lowest BCUT2D eigenvalue weighted by Crippen LogP contribution is -2.41. The third kappa shape index (κ3) is 3.33. The van der Waals surface area contributed by atoms with E-state index in [9.17, 15) is 18.4 Å². The molecule has 25 heavy (non-hydrogen) atoms. The number of hydrogen-bond donors (Lipinski definition) is 1. The van der Waals surface area contributed by atoms with E-state index in [1.54, 1.807) is 23.0 Å². The van der Waals surface area contributed by atoms with E-state index >= 15 is 0 Å². The number of methoxy groups -OCH3 is 1. The Morgan fingerprint density at radius 3 is 2.68 bits per heavy atom. The van der Waals surface area contributed by atoms with Crippen LogP contribution in [0.25, 0.3) is 5.69 Å². The van der Waals surface area contributed by atoms with E-state index in [-0.39, 0.29) is 18.7 Å². The Bertz CT molecular complexity index is 794. The number of urea groups is 1. The summed E-state index contributed by atoms with van der Waals surface area (Å²) in [5.74, 6) is -1.62. The summed E-state index contributed by atoms with van der Waals surface area (Å²) in [6, 6.07) is 7.26. The highest BCUT2D eigenvalue weighted by molar-refractivity contribution is 5.91. The Hall–Kier alpha value is -2.90. The number of ether oxygens (including phenoxy) is 1.